The van der Waals surface area contributed by atoms with Crippen LogP contribution in [0.4, 0.5) is 16.4 Å². The maximum absolute atomic E-state index is 12.3. The molecular formula is C15H25N5O2. The molecule has 1 saturated heterocycles. The maximum atomic E-state index is 12.3. The molecule has 1 aliphatic rings. The van der Waals surface area contributed by atoms with Crippen LogP contribution in [0.1, 0.15) is 34.1 Å². The molecule has 7 nitrogen and oxygen atoms in total. The normalized spacial score (nSPS) is 19.2. The van der Waals surface area contributed by atoms with Crippen LogP contribution >= 0.6 is 0 Å². The molecule has 2 N–H and O–H groups in total. The average Bonchev–Trinajstić information content (AvgIpc) is 2.45. The zero-order valence-corrected chi connectivity index (χ0v) is 13.7. The Bertz CT molecular complexity index is 512. The minimum absolute atomic E-state index is 0.1000. The molecule has 0 aliphatic carbocycles. The van der Waals surface area contributed by atoms with Crippen molar-refractivity contribution in [3.8, 4) is 0 Å². The highest BCUT2D eigenvalue weighted by Gasteiger charge is 2.32. The molecule has 1 amide bonds. The summed E-state index contributed by atoms with van der Waals surface area (Å²) in [6.07, 6.45) is 3.84. The van der Waals surface area contributed by atoms with Gasteiger partial charge in [-0.15, -0.1) is 0 Å². The molecule has 1 aromatic heterocycles. The Morgan fingerprint density at radius 3 is 2.64 bits per heavy atom. The summed E-state index contributed by atoms with van der Waals surface area (Å²) in [6.45, 7) is 9.74. The molecule has 0 saturated carbocycles. The molecule has 1 atom stereocenters. The van der Waals surface area contributed by atoms with Crippen LogP contribution in [0.25, 0.3) is 0 Å². The Labute approximate surface area is 131 Å². The number of ether oxygens (including phenoxy) is 1. The molecule has 0 radical (unpaired) electrons. The van der Waals surface area contributed by atoms with E-state index in [9.17, 15) is 4.79 Å². The first kappa shape index (κ1) is 16.3. The molecule has 7 heteroatoms. The lowest BCUT2D eigenvalue weighted by Crippen LogP contribution is -2.56. The van der Waals surface area contributed by atoms with E-state index in [0.717, 1.165) is 12.2 Å². The Morgan fingerprint density at radius 2 is 2.09 bits per heavy atom. The van der Waals surface area contributed by atoms with Crippen molar-refractivity contribution in [2.45, 2.75) is 45.8 Å². The molecule has 1 aliphatic heterocycles. The van der Waals surface area contributed by atoms with Crippen LogP contribution in [0, 0.1) is 0 Å². The molecule has 0 aromatic carbocycles. The molecule has 1 aromatic rings. The number of rotatable bonds is 2. The molecule has 22 heavy (non-hydrogen) atoms. The quantitative estimate of drug-likeness (QED) is 0.898. The van der Waals surface area contributed by atoms with Crippen LogP contribution in [0.15, 0.2) is 12.4 Å². The van der Waals surface area contributed by atoms with E-state index in [0.29, 0.717) is 25.5 Å². The van der Waals surface area contributed by atoms with Gasteiger partial charge >= 0.3 is 6.09 Å². The number of carbonyl (C=O) groups is 1. The number of nitrogens with two attached hydrogens (primary N) is 1. The lowest BCUT2D eigenvalue weighted by molar-refractivity contribution is 0.0136. The molecule has 1 fully saturated rings. The fraction of sp³-hybridized carbons (Fsp3) is 0.667. The van der Waals surface area contributed by atoms with E-state index in [2.05, 4.69) is 21.8 Å². The lowest BCUT2D eigenvalue weighted by Gasteiger charge is -2.41. The summed E-state index contributed by atoms with van der Waals surface area (Å²) in [5.74, 6) is 1.19. The summed E-state index contributed by atoms with van der Waals surface area (Å²) in [4.78, 5) is 24.6. The number of hydrogen-bond donors (Lipinski definition) is 1. The second-order valence-corrected chi connectivity index (χ2v) is 6.48. The van der Waals surface area contributed by atoms with Gasteiger partial charge in [-0.25, -0.2) is 14.8 Å². The predicted molar refractivity (Wildman–Crippen MR) is 85.7 cm³/mol. The molecule has 0 spiro atoms. The van der Waals surface area contributed by atoms with Gasteiger partial charge in [0.05, 0.1) is 18.4 Å². The zero-order valence-electron chi connectivity index (χ0n) is 13.7. The highest BCUT2D eigenvalue weighted by molar-refractivity contribution is 5.69. The number of nitrogen functional groups attached to an aromatic ring is 1. The Hall–Kier alpha value is -2.05. The van der Waals surface area contributed by atoms with Crippen molar-refractivity contribution in [1.29, 1.82) is 0 Å². The van der Waals surface area contributed by atoms with E-state index in [-0.39, 0.29) is 12.1 Å². The summed E-state index contributed by atoms with van der Waals surface area (Å²) in [5, 5.41) is 0. The second-order valence-electron chi connectivity index (χ2n) is 6.48. The zero-order chi connectivity index (χ0) is 16.3. The fourth-order valence-corrected chi connectivity index (χ4v) is 2.47. The largest absolute Gasteiger partial charge is 0.444 e. The van der Waals surface area contributed by atoms with Crippen molar-refractivity contribution in [2.75, 3.05) is 30.3 Å². The number of nitrogens with zero attached hydrogens (tertiary/aromatic N) is 4. The van der Waals surface area contributed by atoms with Gasteiger partial charge < -0.3 is 20.3 Å². The van der Waals surface area contributed by atoms with E-state index >= 15 is 0 Å². The van der Waals surface area contributed by atoms with Crippen molar-refractivity contribution in [1.82, 2.24) is 14.9 Å². The standard InChI is InChI=1S/C15H25N5O2/c1-5-11-10-19(13-9-17-12(16)8-18-13)6-7-20(11)14(21)22-15(2,3)4/h8-9,11H,5-7,10H2,1-4H3,(H2,16,17)/t11-/m0/s1. The van der Waals surface area contributed by atoms with Crippen molar-refractivity contribution in [3.63, 3.8) is 0 Å². The molecule has 0 unspecified atom stereocenters. The number of piperazine rings is 1. The third-order valence-corrected chi connectivity index (χ3v) is 3.56. The van der Waals surface area contributed by atoms with Crippen molar-refractivity contribution >= 4 is 17.7 Å². The Morgan fingerprint density at radius 1 is 1.36 bits per heavy atom. The highest BCUT2D eigenvalue weighted by atomic mass is 16.6. The van der Waals surface area contributed by atoms with Gasteiger partial charge in [-0.2, -0.15) is 0 Å². The maximum Gasteiger partial charge on any atom is 0.410 e. The summed E-state index contributed by atoms with van der Waals surface area (Å²) in [5.41, 5.74) is 5.09. The fourth-order valence-electron chi connectivity index (χ4n) is 2.47. The molecule has 2 rings (SSSR count). The topological polar surface area (TPSA) is 84.6 Å². The van der Waals surface area contributed by atoms with E-state index in [1.807, 2.05) is 25.7 Å². The van der Waals surface area contributed by atoms with Crippen molar-refractivity contribution in [3.05, 3.63) is 12.4 Å². The molecule has 122 valence electrons. The Kier molecular flexibility index (Phi) is 4.73. The summed E-state index contributed by atoms with van der Waals surface area (Å²) in [6, 6.07) is 0.1000. The van der Waals surface area contributed by atoms with Gasteiger partial charge in [-0.1, -0.05) is 6.92 Å². The SMILES string of the molecule is CC[C@H]1CN(c2cnc(N)cn2)CCN1C(=O)OC(C)(C)C. The molecular weight excluding hydrogens is 282 g/mol. The second kappa shape index (κ2) is 6.37. The van der Waals surface area contributed by atoms with Gasteiger partial charge in [0.15, 0.2) is 0 Å². The van der Waals surface area contributed by atoms with Gasteiger partial charge in [0.2, 0.25) is 0 Å². The van der Waals surface area contributed by atoms with Crippen LogP contribution in [0.5, 0.6) is 0 Å². The van der Waals surface area contributed by atoms with Gasteiger partial charge in [-0.05, 0) is 27.2 Å². The third-order valence-electron chi connectivity index (χ3n) is 3.56. The van der Waals surface area contributed by atoms with Crippen LogP contribution in [-0.4, -0.2) is 52.2 Å². The van der Waals surface area contributed by atoms with Crippen LogP contribution in [0.2, 0.25) is 0 Å². The number of anilines is 2. The van der Waals surface area contributed by atoms with Crippen LogP contribution in [0.3, 0.4) is 0 Å². The van der Waals surface area contributed by atoms with Crippen molar-refractivity contribution < 1.29 is 9.53 Å². The van der Waals surface area contributed by atoms with Crippen molar-refractivity contribution in [2.24, 2.45) is 0 Å². The lowest BCUT2D eigenvalue weighted by atomic mass is 10.1. The summed E-state index contributed by atoms with van der Waals surface area (Å²) >= 11 is 0. The van der Waals surface area contributed by atoms with E-state index < -0.39 is 5.60 Å². The number of amides is 1. The first-order valence-electron chi connectivity index (χ1n) is 7.62. The smallest absolute Gasteiger partial charge is 0.410 e. The number of hydrogen-bond acceptors (Lipinski definition) is 6. The van der Waals surface area contributed by atoms with Crippen LogP contribution < -0.4 is 10.6 Å². The number of carbonyl (C=O) groups excluding carboxylic acids is 1. The molecule has 2 heterocycles. The van der Waals surface area contributed by atoms with E-state index in [1.54, 1.807) is 12.4 Å². The van der Waals surface area contributed by atoms with Gasteiger partial charge in [0, 0.05) is 19.6 Å². The minimum atomic E-state index is -0.477. The first-order chi connectivity index (χ1) is 10.3. The summed E-state index contributed by atoms with van der Waals surface area (Å²) in [7, 11) is 0. The monoisotopic (exact) mass is 307 g/mol. The molecule has 0 bridgehead atoms. The first-order valence-corrected chi connectivity index (χ1v) is 7.62. The third kappa shape index (κ3) is 3.99. The predicted octanol–water partition coefficient (Wildman–Crippen LogP) is 1.89. The van der Waals surface area contributed by atoms with Gasteiger partial charge in [0.1, 0.15) is 17.2 Å². The highest BCUT2D eigenvalue weighted by Crippen LogP contribution is 2.21. The summed E-state index contributed by atoms with van der Waals surface area (Å²) < 4.78 is 5.49. The van der Waals surface area contributed by atoms with Gasteiger partial charge in [0.25, 0.3) is 0 Å². The van der Waals surface area contributed by atoms with Gasteiger partial charge in [-0.3, -0.25) is 0 Å². The Balaban J connectivity index is 2.05. The number of aromatic nitrogens is 2. The van der Waals surface area contributed by atoms with E-state index in [1.165, 1.54) is 0 Å². The minimum Gasteiger partial charge on any atom is -0.444 e. The van der Waals surface area contributed by atoms with Crippen LogP contribution in [-0.2, 0) is 4.74 Å². The van der Waals surface area contributed by atoms with E-state index in [4.69, 9.17) is 10.5 Å². The average molecular weight is 307 g/mol.